The lowest BCUT2D eigenvalue weighted by Crippen LogP contribution is -2.14. The molecule has 128 valence electrons. The van der Waals surface area contributed by atoms with E-state index in [-0.39, 0.29) is 5.57 Å². The second kappa shape index (κ2) is 9.05. The van der Waals surface area contributed by atoms with Crippen molar-refractivity contribution >= 4 is 62.9 Å². The van der Waals surface area contributed by atoms with Gasteiger partial charge in [-0.2, -0.15) is 5.26 Å². The molecule has 5 nitrogen and oxygen atoms in total. The van der Waals surface area contributed by atoms with Crippen LogP contribution in [0.25, 0.3) is 6.08 Å². The molecular weight excluding hydrogens is 546 g/mol. The summed E-state index contributed by atoms with van der Waals surface area (Å²) in [5.74, 6) is 0.689. The quantitative estimate of drug-likeness (QED) is 0.334. The Labute approximate surface area is 173 Å². The molecule has 0 aliphatic rings. The summed E-state index contributed by atoms with van der Waals surface area (Å²) in [6.07, 6.45) is 1.52. The highest BCUT2D eigenvalue weighted by Crippen LogP contribution is 2.34. The van der Waals surface area contributed by atoms with Crippen LogP contribution in [0.1, 0.15) is 5.56 Å². The van der Waals surface area contributed by atoms with Gasteiger partial charge in [-0.25, -0.2) is 0 Å². The Morgan fingerprint density at radius 1 is 1.16 bits per heavy atom. The van der Waals surface area contributed by atoms with E-state index in [1.54, 1.807) is 19.2 Å². The van der Waals surface area contributed by atoms with E-state index in [0.717, 1.165) is 7.14 Å². The van der Waals surface area contributed by atoms with Crippen LogP contribution < -0.4 is 14.8 Å². The summed E-state index contributed by atoms with van der Waals surface area (Å²) in [7, 11) is 3.10. The average Bonchev–Trinajstić information content (AvgIpc) is 2.60. The second-order valence-electron chi connectivity index (χ2n) is 4.84. The molecule has 0 saturated heterocycles. The van der Waals surface area contributed by atoms with E-state index in [9.17, 15) is 10.1 Å². The number of hydrogen-bond acceptors (Lipinski definition) is 4. The van der Waals surface area contributed by atoms with Crippen LogP contribution in [0, 0.1) is 18.5 Å². The molecule has 0 fully saturated rings. The molecule has 7 heteroatoms. The number of hydrogen-bond donors (Lipinski definition) is 1. The number of halogens is 2. The van der Waals surface area contributed by atoms with Crippen molar-refractivity contribution in [1.29, 1.82) is 5.26 Å². The zero-order chi connectivity index (χ0) is 18.4. The number of carbonyl (C=O) groups is 1. The number of carbonyl (C=O) groups excluding carboxylic acids is 1. The molecule has 0 aromatic heterocycles. The van der Waals surface area contributed by atoms with E-state index in [0.29, 0.717) is 22.7 Å². The van der Waals surface area contributed by atoms with Gasteiger partial charge in [0.25, 0.3) is 5.91 Å². The zero-order valence-electron chi connectivity index (χ0n) is 13.5. The van der Waals surface area contributed by atoms with Crippen molar-refractivity contribution in [3.8, 4) is 17.6 Å². The van der Waals surface area contributed by atoms with Gasteiger partial charge in [0.2, 0.25) is 0 Å². The number of nitrogens with zero attached hydrogens (tertiary/aromatic N) is 1. The molecule has 2 aromatic rings. The first kappa shape index (κ1) is 19.5. The maximum atomic E-state index is 12.4. The highest BCUT2D eigenvalue weighted by atomic mass is 127. The largest absolute Gasteiger partial charge is 0.493 e. The molecular formula is C18H14I2N2O3. The van der Waals surface area contributed by atoms with Crippen molar-refractivity contribution in [2.45, 2.75) is 0 Å². The summed E-state index contributed by atoms with van der Waals surface area (Å²) in [5, 5.41) is 12.1. The second-order valence-corrected chi connectivity index (χ2v) is 7.17. The molecule has 0 radical (unpaired) electrons. The topological polar surface area (TPSA) is 71.3 Å². The number of methoxy groups -OCH3 is 2. The number of anilines is 1. The molecule has 0 heterocycles. The van der Waals surface area contributed by atoms with E-state index in [1.807, 2.05) is 30.3 Å². The van der Waals surface area contributed by atoms with Crippen LogP contribution in [0.2, 0.25) is 0 Å². The van der Waals surface area contributed by atoms with Gasteiger partial charge in [0.15, 0.2) is 11.5 Å². The Balaban J connectivity index is 2.34. The summed E-state index contributed by atoms with van der Waals surface area (Å²) >= 11 is 4.24. The van der Waals surface area contributed by atoms with E-state index < -0.39 is 5.91 Å². The highest BCUT2D eigenvalue weighted by molar-refractivity contribution is 14.1. The van der Waals surface area contributed by atoms with Crippen molar-refractivity contribution in [2.75, 3.05) is 19.5 Å². The van der Waals surface area contributed by atoms with Crippen LogP contribution in [0.3, 0.4) is 0 Å². The maximum absolute atomic E-state index is 12.4. The fourth-order valence-electron chi connectivity index (χ4n) is 2.09. The summed E-state index contributed by atoms with van der Waals surface area (Å²) in [6.45, 7) is 0. The average molecular weight is 560 g/mol. The first-order chi connectivity index (χ1) is 12.0. The molecule has 0 aliphatic heterocycles. The molecule has 1 N–H and O–H groups in total. The number of para-hydroxylation sites is 1. The number of amides is 1. The lowest BCUT2D eigenvalue weighted by atomic mass is 10.1. The summed E-state index contributed by atoms with van der Waals surface area (Å²) in [4.78, 5) is 12.4. The molecule has 0 bridgehead atoms. The summed E-state index contributed by atoms with van der Waals surface area (Å²) in [6, 6.07) is 12.9. The molecule has 2 rings (SSSR count). The Hall–Kier alpha value is -1.80. The third-order valence-corrected chi connectivity index (χ3v) is 5.00. The van der Waals surface area contributed by atoms with Gasteiger partial charge in [0.1, 0.15) is 11.6 Å². The van der Waals surface area contributed by atoms with Crippen LogP contribution in [0.4, 0.5) is 5.69 Å². The third kappa shape index (κ3) is 4.85. The van der Waals surface area contributed by atoms with Crippen molar-refractivity contribution in [1.82, 2.24) is 0 Å². The van der Waals surface area contributed by atoms with Crippen molar-refractivity contribution < 1.29 is 14.3 Å². The number of benzene rings is 2. The number of nitrogens with one attached hydrogen (secondary N) is 1. The summed E-state index contributed by atoms with van der Waals surface area (Å²) in [5.41, 5.74) is 1.34. The van der Waals surface area contributed by atoms with Crippen LogP contribution in [0.5, 0.6) is 11.5 Å². The predicted octanol–water partition coefficient (Wildman–Crippen LogP) is 4.46. The summed E-state index contributed by atoms with van der Waals surface area (Å²) < 4.78 is 12.3. The molecule has 25 heavy (non-hydrogen) atoms. The van der Waals surface area contributed by atoms with Crippen LogP contribution >= 0.6 is 45.2 Å². The normalized spacial score (nSPS) is 10.8. The fraction of sp³-hybridized carbons (Fsp3) is 0.111. The standard InChI is InChI=1S/C18H14I2N2O3/c1-24-16-9-11(8-14(20)17(16)25-2)7-12(10-21)18(23)22-15-6-4-3-5-13(15)19/h3-9H,1-2H3,(H,22,23). The van der Waals surface area contributed by atoms with Crippen LogP contribution in [0.15, 0.2) is 42.0 Å². The van der Waals surface area contributed by atoms with Gasteiger partial charge in [-0.3, -0.25) is 4.79 Å². The highest BCUT2D eigenvalue weighted by Gasteiger charge is 2.14. The Kier molecular flexibility index (Phi) is 7.07. The Morgan fingerprint density at radius 2 is 1.88 bits per heavy atom. The number of rotatable bonds is 5. The Morgan fingerprint density at radius 3 is 2.48 bits per heavy atom. The van der Waals surface area contributed by atoms with Gasteiger partial charge in [-0.1, -0.05) is 12.1 Å². The monoisotopic (exact) mass is 560 g/mol. The van der Waals surface area contributed by atoms with Crippen molar-refractivity contribution in [3.05, 3.63) is 54.7 Å². The van der Waals surface area contributed by atoms with Gasteiger partial charge < -0.3 is 14.8 Å². The molecule has 0 saturated carbocycles. The maximum Gasteiger partial charge on any atom is 0.266 e. The smallest absolute Gasteiger partial charge is 0.266 e. The van der Waals surface area contributed by atoms with Crippen molar-refractivity contribution in [2.24, 2.45) is 0 Å². The van der Waals surface area contributed by atoms with Gasteiger partial charge in [0.05, 0.1) is 23.5 Å². The number of nitriles is 1. The SMILES string of the molecule is COc1cc(C=C(C#N)C(=O)Nc2ccccc2I)cc(I)c1OC. The van der Waals surface area contributed by atoms with Gasteiger partial charge in [0, 0.05) is 3.57 Å². The minimum Gasteiger partial charge on any atom is -0.493 e. The fourth-order valence-corrected chi connectivity index (χ4v) is 3.46. The minimum absolute atomic E-state index is 0.00247. The minimum atomic E-state index is -0.462. The van der Waals surface area contributed by atoms with E-state index in [2.05, 4.69) is 50.5 Å². The molecule has 0 spiro atoms. The lowest BCUT2D eigenvalue weighted by Gasteiger charge is -2.11. The first-order valence-corrected chi connectivity index (χ1v) is 9.25. The van der Waals surface area contributed by atoms with E-state index >= 15 is 0 Å². The van der Waals surface area contributed by atoms with E-state index in [1.165, 1.54) is 13.2 Å². The molecule has 2 aromatic carbocycles. The molecule has 0 atom stereocenters. The van der Waals surface area contributed by atoms with Crippen LogP contribution in [-0.2, 0) is 4.79 Å². The van der Waals surface area contributed by atoms with Gasteiger partial charge in [-0.05, 0) is 81.1 Å². The molecule has 1 amide bonds. The number of ether oxygens (including phenoxy) is 2. The van der Waals surface area contributed by atoms with Crippen LogP contribution in [-0.4, -0.2) is 20.1 Å². The van der Waals surface area contributed by atoms with Gasteiger partial charge in [-0.15, -0.1) is 0 Å². The Bertz CT molecular complexity index is 873. The zero-order valence-corrected chi connectivity index (χ0v) is 17.8. The lowest BCUT2D eigenvalue weighted by molar-refractivity contribution is -0.112. The van der Waals surface area contributed by atoms with Crippen molar-refractivity contribution in [3.63, 3.8) is 0 Å². The molecule has 0 unspecified atom stereocenters. The predicted molar refractivity (Wildman–Crippen MR) is 114 cm³/mol. The third-order valence-electron chi connectivity index (χ3n) is 3.25. The first-order valence-electron chi connectivity index (χ1n) is 7.09. The van der Waals surface area contributed by atoms with E-state index in [4.69, 9.17) is 9.47 Å². The molecule has 0 aliphatic carbocycles. The van der Waals surface area contributed by atoms with Gasteiger partial charge >= 0.3 is 0 Å².